The summed E-state index contributed by atoms with van der Waals surface area (Å²) < 4.78 is 16.7. The molecule has 150 valence electrons. The molecule has 0 bridgehead atoms. The highest BCUT2D eigenvalue weighted by atomic mass is 16.5. The van der Waals surface area contributed by atoms with Gasteiger partial charge in [-0.05, 0) is 36.2 Å². The Bertz CT molecular complexity index is 1120. The fourth-order valence-electron chi connectivity index (χ4n) is 3.56. The van der Waals surface area contributed by atoms with Crippen molar-refractivity contribution in [1.29, 1.82) is 0 Å². The Kier molecular flexibility index (Phi) is 4.72. The van der Waals surface area contributed by atoms with Crippen LogP contribution in [0.4, 0.5) is 0 Å². The number of aromatic nitrogens is 4. The second kappa shape index (κ2) is 7.68. The van der Waals surface area contributed by atoms with Gasteiger partial charge < -0.3 is 13.9 Å². The monoisotopic (exact) mass is 400 g/mol. The average molecular weight is 400 g/mol. The summed E-state index contributed by atoms with van der Waals surface area (Å²) in [5.41, 5.74) is 4.40. The van der Waals surface area contributed by atoms with Crippen LogP contribution in [0, 0.1) is 6.92 Å². The predicted octanol–water partition coefficient (Wildman–Crippen LogP) is 3.73. The van der Waals surface area contributed by atoms with Crippen molar-refractivity contribution in [3.63, 3.8) is 0 Å². The highest BCUT2D eigenvalue weighted by Crippen LogP contribution is 2.39. The van der Waals surface area contributed by atoms with Crippen molar-refractivity contribution in [3.05, 3.63) is 89.6 Å². The Hall–Kier alpha value is -3.58. The number of hydrogen-bond donors (Lipinski definition) is 0. The Morgan fingerprint density at radius 2 is 1.70 bits per heavy atom. The standard InChI is InChI=1S/C23H20N4O3/c1-16-2-4-17(5-3-16)23(13-28-14-23)18-6-8-20(9-7-18)29-12-19-10-11-24-21(26-19)22-27-25-15-30-22/h2-11,15H,12-14H2,1H3. The molecule has 0 radical (unpaired) electrons. The molecule has 0 aliphatic carbocycles. The van der Waals surface area contributed by atoms with Crippen molar-refractivity contribution in [3.8, 4) is 17.5 Å². The van der Waals surface area contributed by atoms with Crippen LogP contribution in [0.5, 0.6) is 5.75 Å². The van der Waals surface area contributed by atoms with Crippen LogP contribution in [0.25, 0.3) is 11.7 Å². The number of aryl methyl sites for hydroxylation is 1. The van der Waals surface area contributed by atoms with Gasteiger partial charge in [0.1, 0.15) is 12.4 Å². The summed E-state index contributed by atoms with van der Waals surface area (Å²) in [6.45, 7) is 3.79. The van der Waals surface area contributed by atoms with Crippen LogP contribution in [0.3, 0.4) is 0 Å². The average Bonchev–Trinajstić information content (AvgIpc) is 3.29. The number of nitrogens with zero attached hydrogens (tertiary/aromatic N) is 4. The minimum absolute atomic E-state index is 0.0855. The second-order valence-electron chi connectivity index (χ2n) is 7.37. The van der Waals surface area contributed by atoms with Crippen LogP contribution in [-0.2, 0) is 16.8 Å². The molecule has 0 N–H and O–H groups in total. The Morgan fingerprint density at radius 3 is 2.33 bits per heavy atom. The first-order valence-electron chi connectivity index (χ1n) is 9.70. The van der Waals surface area contributed by atoms with Gasteiger partial charge in [0, 0.05) is 6.20 Å². The van der Waals surface area contributed by atoms with Crippen LogP contribution in [-0.4, -0.2) is 33.4 Å². The zero-order valence-corrected chi connectivity index (χ0v) is 16.5. The van der Waals surface area contributed by atoms with Gasteiger partial charge in [-0.15, -0.1) is 10.2 Å². The van der Waals surface area contributed by atoms with E-state index in [1.807, 2.05) is 12.1 Å². The fraction of sp³-hybridized carbons (Fsp3) is 0.217. The minimum Gasteiger partial charge on any atom is -0.487 e. The molecule has 7 heteroatoms. The van der Waals surface area contributed by atoms with Crippen molar-refractivity contribution < 1.29 is 13.9 Å². The maximum Gasteiger partial charge on any atom is 0.285 e. The zero-order valence-electron chi connectivity index (χ0n) is 16.5. The SMILES string of the molecule is Cc1ccc(C2(c3ccc(OCc4ccnc(-c5nnco5)n4)cc3)COC2)cc1. The smallest absolute Gasteiger partial charge is 0.285 e. The van der Waals surface area contributed by atoms with Crippen LogP contribution < -0.4 is 4.74 Å². The summed E-state index contributed by atoms with van der Waals surface area (Å²) in [7, 11) is 0. The van der Waals surface area contributed by atoms with Crippen molar-refractivity contribution in [2.45, 2.75) is 18.9 Å². The molecule has 1 fully saturated rings. The summed E-state index contributed by atoms with van der Waals surface area (Å²) >= 11 is 0. The Balaban J connectivity index is 1.30. The summed E-state index contributed by atoms with van der Waals surface area (Å²) in [6, 6.07) is 18.7. The number of hydrogen-bond acceptors (Lipinski definition) is 7. The van der Waals surface area contributed by atoms with Gasteiger partial charge in [-0.2, -0.15) is 0 Å². The van der Waals surface area contributed by atoms with E-state index in [1.165, 1.54) is 23.1 Å². The first-order chi connectivity index (χ1) is 14.7. The molecule has 30 heavy (non-hydrogen) atoms. The molecule has 2 aromatic carbocycles. The van der Waals surface area contributed by atoms with E-state index < -0.39 is 0 Å². The zero-order chi connectivity index (χ0) is 20.4. The maximum absolute atomic E-state index is 5.92. The molecule has 2 aromatic heterocycles. The third-order valence-corrected chi connectivity index (χ3v) is 5.36. The van der Waals surface area contributed by atoms with Crippen molar-refractivity contribution in [2.24, 2.45) is 0 Å². The lowest BCUT2D eigenvalue weighted by atomic mass is 9.73. The molecule has 4 aromatic rings. The van der Waals surface area contributed by atoms with Crippen molar-refractivity contribution in [1.82, 2.24) is 20.2 Å². The molecular weight excluding hydrogens is 380 g/mol. The molecule has 0 atom stereocenters. The maximum atomic E-state index is 5.92. The lowest BCUT2D eigenvalue weighted by Gasteiger charge is -2.42. The van der Waals surface area contributed by atoms with Gasteiger partial charge in [0.25, 0.3) is 5.89 Å². The molecule has 0 saturated carbocycles. The Labute approximate surface area is 173 Å². The van der Waals surface area contributed by atoms with Crippen LogP contribution in [0.15, 0.2) is 71.6 Å². The summed E-state index contributed by atoms with van der Waals surface area (Å²) in [5.74, 6) is 1.44. The second-order valence-corrected chi connectivity index (χ2v) is 7.37. The predicted molar refractivity (Wildman–Crippen MR) is 109 cm³/mol. The van der Waals surface area contributed by atoms with E-state index in [1.54, 1.807) is 12.3 Å². The third kappa shape index (κ3) is 3.44. The van der Waals surface area contributed by atoms with Gasteiger partial charge in [-0.1, -0.05) is 42.0 Å². The molecular formula is C23H20N4O3. The Morgan fingerprint density at radius 1 is 0.967 bits per heavy atom. The largest absolute Gasteiger partial charge is 0.487 e. The van der Waals surface area contributed by atoms with Crippen LogP contribution in [0.1, 0.15) is 22.4 Å². The van der Waals surface area contributed by atoms with Gasteiger partial charge in [-0.3, -0.25) is 0 Å². The highest BCUT2D eigenvalue weighted by molar-refractivity contribution is 5.44. The van der Waals surface area contributed by atoms with Gasteiger partial charge in [0.2, 0.25) is 12.2 Å². The fourth-order valence-corrected chi connectivity index (χ4v) is 3.56. The van der Waals surface area contributed by atoms with E-state index >= 15 is 0 Å². The van der Waals surface area contributed by atoms with E-state index in [0.29, 0.717) is 25.6 Å². The highest BCUT2D eigenvalue weighted by Gasteiger charge is 2.41. The summed E-state index contributed by atoms with van der Waals surface area (Å²) in [4.78, 5) is 8.56. The van der Waals surface area contributed by atoms with Gasteiger partial charge in [-0.25, -0.2) is 9.97 Å². The first kappa shape index (κ1) is 18.4. The van der Waals surface area contributed by atoms with E-state index in [9.17, 15) is 0 Å². The molecule has 1 aliphatic rings. The molecule has 0 amide bonds. The number of benzene rings is 2. The number of ether oxygens (including phenoxy) is 2. The van der Waals surface area contributed by atoms with Crippen LogP contribution in [0.2, 0.25) is 0 Å². The topological polar surface area (TPSA) is 83.2 Å². The van der Waals surface area contributed by atoms with Gasteiger partial charge in [0.05, 0.1) is 24.3 Å². The van der Waals surface area contributed by atoms with E-state index in [2.05, 4.69) is 63.5 Å². The normalized spacial score (nSPS) is 14.8. The molecule has 0 unspecified atom stereocenters. The number of rotatable bonds is 6. The summed E-state index contributed by atoms with van der Waals surface area (Å²) in [5, 5.41) is 7.48. The molecule has 1 saturated heterocycles. The van der Waals surface area contributed by atoms with E-state index in [4.69, 9.17) is 13.9 Å². The lowest BCUT2D eigenvalue weighted by molar-refractivity contribution is -0.0380. The minimum atomic E-state index is -0.0855. The molecule has 1 aliphatic heterocycles. The first-order valence-corrected chi connectivity index (χ1v) is 9.70. The van der Waals surface area contributed by atoms with E-state index in [0.717, 1.165) is 11.4 Å². The van der Waals surface area contributed by atoms with Crippen molar-refractivity contribution >= 4 is 0 Å². The molecule has 0 spiro atoms. The molecule has 5 rings (SSSR count). The molecule has 7 nitrogen and oxygen atoms in total. The third-order valence-electron chi connectivity index (χ3n) is 5.36. The van der Waals surface area contributed by atoms with Gasteiger partial charge >= 0.3 is 0 Å². The van der Waals surface area contributed by atoms with Crippen LogP contribution >= 0.6 is 0 Å². The molecule has 3 heterocycles. The van der Waals surface area contributed by atoms with Gasteiger partial charge in [0.15, 0.2) is 0 Å². The summed E-state index contributed by atoms with van der Waals surface area (Å²) in [6.07, 6.45) is 2.90. The quantitative estimate of drug-likeness (QED) is 0.488. The van der Waals surface area contributed by atoms with E-state index in [-0.39, 0.29) is 11.3 Å². The van der Waals surface area contributed by atoms with Crippen molar-refractivity contribution in [2.75, 3.05) is 13.2 Å². The lowest BCUT2D eigenvalue weighted by Crippen LogP contribution is -2.47.